The standard InChI is InChI=1S/C8H10N6/c1-5-4-6(2-3-10-5)11-8-12-7(9)13-14-8/h2-4H,1H3,(H4,9,10,11,12,13,14). The van der Waals surface area contributed by atoms with E-state index in [-0.39, 0.29) is 0 Å². The van der Waals surface area contributed by atoms with Gasteiger partial charge in [0.15, 0.2) is 0 Å². The minimum absolute atomic E-state index is 0.290. The van der Waals surface area contributed by atoms with Crippen molar-refractivity contribution in [2.45, 2.75) is 6.92 Å². The number of nitrogens with zero attached hydrogens (tertiary/aromatic N) is 3. The molecular weight excluding hydrogens is 180 g/mol. The molecule has 0 aliphatic heterocycles. The van der Waals surface area contributed by atoms with Crippen LogP contribution < -0.4 is 11.1 Å². The van der Waals surface area contributed by atoms with Gasteiger partial charge in [0.2, 0.25) is 11.9 Å². The van der Waals surface area contributed by atoms with Crippen LogP contribution in [0.15, 0.2) is 18.3 Å². The first-order valence-electron chi connectivity index (χ1n) is 4.11. The van der Waals surface area contributed by atoms with Crippen LogP contribution in [0.25, 0.3) is 0 Å². The molecule has 0 aliphatic rings. The molecule has 4 N–H and O–H groups in total. The summed E-state index contributed by atoms with van der Waals surface area (Å²) in [5.41, 5.74) is 7.20. The van der Waals surface area contributed by atoms with Crippen molar-refractivity contribution in [2.24, 2.45) is 0 Å². The molecule has 0 saturated heterocycles. The number of rotatable bonds is 2. The van der Waals surface area contributed by atoms with Crippen LogP contribution in [0.5, 0.6) is 0 Å². The highest BCUT2D eigenvalue weighted by atomic mass is 15.3. The Morgan fingerprint density at radius 3 is 3.00 bits per heavy atom. The summed E-state index contributed by atoms with van der Waals surface area (Å²) in [4.78, 5) is 7.99. The number of pyridine rings is 1. The molecule has 0 fully saturated rings. The molecule has 6 heteroatoms. The Morgan fingerprint density at radius 2 is 2.36 bits per heavy atom. The number of aromatic nitrogens is 4. The Kier molecular flexibility index (Phi) is 2.02. The predicted molar refractivity (Wildman–Crippen MR) is 53.1 cm³/mol. The summed E-state index contributed by atoms with van der Waals surface area (Å²) in [6.45, 7) is 1.91. The Morgan fingerprint density at radius 1 is 1.50 bits per heavy atom. The molecule has 2 aromatic rings. The van der Waals surface area contributed by atoms with Crippen LogP contribution in [0.1, 0.15) is 5.69 Å². The van der Waals surface area contributed by atoms with Crippen LogP contribution in [-0.2, 0) is 0 Å². The molecule has 0 unspecified atom stereocenters. The first-order chi connectivity index (χ1) is 6.74. The smallest absolute Gasteiger partial charge is 0.248 e. The lowest BCUT2D eigenvalue weighted by atomic mass is 10.3. The van der Waals surface area contributed by atoms with Crippen molar-refractivity contribution in [3.05, 3.63) is 24.0 Å². The predicted octanol–water partition coefficient (Wildman–Crippen LogP) is 0.834. The van der Waals surface area contributed by atoms with Gasteiger partial charge in [0.25, 0.3) is 0 Å². The van der Waals surface area contributed by atoms with Crippen molar-refractivity contribution in [1.29, 1.82) is 0 Å². The molecular formula is C8H10N6. The molecule has 0 bridgehead atoms. The minimum Gasteiger partial charge on any atom is -0.368 e. The van der Waals surface area contributed by atoms with Crippen LogP contribution in [0.2, 0.25) is 0 Å². The summed E-state index contributed by atoms with van der Waals surface area (Å²) in [5, 5.41) is 9.38. The molecule has 0 amide bonds. The number of hydrogen-bond acceptors (Lipinski definition) is 5. The van der Waals surface area contributed by atoms with Crippen molar-refractivity contribution in [2.75, 3.05) is 11.1 Å². The zero-order chi connectivity index (χ0) is 9.97. The fourth-order valence-corrected chi connectivity index (χ4v) is 1.08. The van der Waals surface area contributed by atoms with Gasteiger partial charge in [0.1, 0.15) is 0 Å². The second kappa shape index (κ2) is 3.33. The largest absolute Gasteiger partial charge is 0.368 e. The number of H-pyrrole nitrogens is 1. The molecule has 0 saturated carbocycles. The molecule has 0 radical (unpaired) electrons. The molecule has 2 aromatic heterocycles. The van der Waals surface area contributed by atoms with Gasteiger partial charge in [-0.15, -0.1) is 5.10 Å². The number of aromatic amines is 1. The normalized spacial score (nSPS) is 10.1. The van der Waals surface area contributed by atoms with Crippen molar-refractivity contribution in [3.63, 3.8) is 0 Å². The van der Waals surface area contributed by atoms with Gasteiger partial charge >= 0.3 is 0 Å². The third-order valence-corrected chi connectivity index (χ3v) is 1.66. The van der Waals surface area contributed by atoms with Gasteiger partial charge in [-0.3, -0.25) is 4.98 Å². The summed E-state index contributed by atoms with van der Waals surface area (Å²) in [6, 6.07) is 3.73. The van der Waals surface area contributed by atoms with Crippen LogP contribution in [0.3, 0.4) is 0 Å². The zero-order valence-electron chi connectivity index (χ0n) is 7.65. The van der Waals surface area contributed by atoms with E-state index in [0.717, 1.165) is 11.4 Å². The van der Waals surface area contributed by atoms with Crippen LogP contribution in [-0.4, -0.2) is 20.2 Å². The molecule has 0 spiro atoms. The quantitative estimate of drug-likeness (QED) is 0.652. The highest BCUT2D eigenvalue weighted by molar-refractivity contribution is 5.53. The van der Waals surface area contributed by atoms with E-state index in [1.165, 1.54) is 0 Å². The van der Waals surface area contributed by atoms with Gasteiger partial charge in [0.05, 0.1) is 0 Å². The Bertz CT molecular complexity index is 435. The van der Waals surface area contributed by atoms with Crippen molar-refractivity contribution in [1.82, 2.24) is 20.2 Å². The van der Waals surface area contributed by atoms with Gasteiger partial charge in [0, 0.05) is 17.6 Å². The second-order valence-electron chi connectivity index (χ2n) is 2.86. The average Bonchev–Trinajstić information content (AvgIpc) is 2.51. The summed E-state index contributed by atoms with van der Waals surface area (Å²) in [5.74, 6) is 0.742. The van der Waals surface area contributed by atoms with Crippen molar-refractivity contribution >= 4 is 17.6 Å². The first-order valence-corrected chi connectivity index (χ1v) is 4.11. The summed E-state index contributed by atoms with van der Waals surface area (Å²) < 4.78 is 0. The highest BCUT2D eigenvalue weighted by Gasteiger charge is 1.99. The minimum atomic E-state index is 0.290. The SMILES string of the molecule is Cc1cc(Nc2n[nH]c(N)n2)ccn1. The van der Waals surface area contributed by atoms with E-state index in [1.54, 1.807) is 6.20 Å². The lowest BCUT2D eigenvalue weighted by molar-refractivity contribution is 1.10. The van der Waals surface area contributed by atoms with E-state index in [9.17, 15) is 0 Å². The van der Waals surface area contributed by atoms with Crippen molar-refractivity contribution < 1.29 is 0 Å². The molecule has 72 valence electrons. The van der Waals surface area contributed by atoms with Gasteiger partial charge in [-0.25, -0.2) is 5.10 Å². The Hall–Kier alpha value is -2.11. The maximum atomic E-state index is 5.38. The molecule has 2 heterocycles. The van der Waals surface area contributed by atoms with Gasteiger partial charge in [-0.05, 0) is 19.1 Å². The third-order valence-electron chi connectivity index (χ3n) is 1.66. The van der Waals surface area contributed by atoms with Gasteiger partial charge < -0.3 is 11.1 Å². The molecule has 0 aliphatic carbocycles. The second-order valence-corrected chi connectivity index (χ2v) is 2.86. The Labute approximate surface area is 80.6 Å². The number of anilines is 3. The highest BCUT2D eigenvalue weighted by Crippen LogP contribution is 2.12. The maximum absolute atomic E-state index is 5.38. The number of nitrogens with two attached hydrogens (primary N) is 1. The summed E-state index contributed by atoms with van der Waals surface area (Å²) in [6.07, 6.45) is 1.72. The fraction of sp³-hybridized carbons (Fsp3) is 0.125. The van der Waals surface area contributed by atoms with E-state index in [2.05, 4.69) is 25.5 Å². The summed E-state index contributed by atoms with van der Waals surface area (Å²) in [7, 11) is 0. The number of aryl methyl sites for hydroxylation is 1. The Balaban J connectivity index is 2.18. The third kappa shape index (κ3) is 1.79. The van der Waals surface area contributed by atoms with E-state index < -0.39 is 0 Å². The van der Waals surface area contributed by atoms with Gasteiger partial charge in [-0.1, -0.05) is 0 Å². The maximum Gasteiger partial charge on any atom is 0.248 e. The monoisotopic (exact) mass is 190 g/mol. The van der Waals surface area contributed by atoms with E-state index in [0.29, 0.717) is 11.9 Å². The summed E-state index contributed by atoms with van der Waals surface area (Å²) >= 11 is 0. The van der Waals surface area contributed by atoms with Gasteiger partial charge in [-0.2, -0.15) is 4.98 Å². The van der Waals surface area contributed by atoms with Crippen LogP contribution in [0.4, 0.5) is 17.6 Å². The number of hydrogen-bond donors (Lipinski definition) is 3. The fourth-order valence-electron chi connectivity index (χ4n) is 1.08. The molecule has 0 aromatic carbocycles. The number of nitrogen functional groups attached to an aromatic ring is 1. The van der Waals surface area contributed by atoms with Crippen LogP contribution in [0, 0.1) is 6.92 Å². The lowest BCUT2D eigenvalue weighted by Gasteiger charge is -2.00. The van der Waals surface area contributed by atoms with Crippen molar-refractivity contribution in [3.8, 4) is 0 Å². The lowest BCUT2D eigenvalue weighted by Crippen LogP contribution is -1.93. The number of nitrogens with one attached hydrogen (secondary N) is 2. The molecule has 6 nitrogen and oxygen atoms in total. The average molecular weight is 190 g/mol. The zero-order valence-corrected chi connectivity index (χ0v) is 7.65. The van der Waals surface area contributed by atoms with E-state index in [4.69, 9.17) is 5.73 Å². The first kappa shape index (κ1) is 8.49. The molecule has 14 heavy (non-hydrogen) atoms. The van der Waals surface area contributed by atoms with E-state index in [1.807, 2.05) is 19.1 Å². The molecule has 0 atom stereocenters. The van der Waals surface area contributed by atoms with Crippen LogP contribution >= 0.6 is 0 Å². The topological polar surface area (TPSA) is 92.5 Å². The molecule has 2 rings (SSSR count). The van der Waals surface area contributed by atoms with E-state index >= 15 is 0 Å².